The van der Waals surface area contributed by atoms with Gasteiger partial charge in [0.2, 0.25) is 0 Å². The average Bonchev–Trinajstić information content (AvgIpc) is 2.28. The molecule has 0 radical (unpaired) electrons. The lowest BCUT2D eigenvalue weighted by Crippen LogP contribution is -2.04. The Morgan fingerprint density at radius 1 is 0.938 bits per heavy atom. The van der Waals surface area contributed by atoms with Crippen LogP contribution in [0.25, 0.3) is 22.2 Å². The molecule has 3 rings (SSSR count). The first kappa shape index (κ1) is 9.28. The van der Waals surface area contributed by atoms with Crippen molar-refractivity contribution in [3.8, 4) is 11.1 Å². The maximum atomic E-state index is 3.24. The molecule has 0 saturated carbocycles. The molecule has 2 heteroatoms. The molecule has 2 nitrogen and oxygen atoms in total. The number of hydrogen-bond donors (Lipinski definition) is 1. The van der Waals surface area contributed by atoms with Crippen molar-refractivity contribution in [1.29, 1.82) is 0 Å². The molecular weight excluding hydrogens is 196 g/mol. The summed E-state index contributed by atoms with van der Waals surface area (Å²) >= 11 is 0. The summed E-state index contributed by atoms with van der Waals surface area (Å²) < 4.78 is 2.02. The van der Waals surface area contributed by atoms with Gasteiger partial charge in [-0.2, -0.15) is 0 Å². The summed E-state index contributed by atoms with van der Waals surface area (Å²) in [5.74, 6) is 0. The average molecular weight is 210 g/mol. The van der Waals surface area contributed by atoms with E-state index >= 15 is 0 Å². The minimum Gasteiger partial charge on any atom is -0.296 e. The molecule has 80 valence electrons. The van der Waals surface area contributed by atoms with E-state index in [0.29, 0.717) is 0 Å². The fraction of sp³-hybridized carbons (Fsp3) is 0.143. The monoisotopic (exact) mass is 210 g/mol. The number of nitrogens with one attached hydrogen (secondary N) is 1. The van der Waals surface area contributed by atoms with Crippen molar-refractivity contribution < 1.29 is 0 Å². The molecule has 0 bridgehead atoms. The summed E-state index contributed by atoms with van der Waals surface area (Å²) in [5.41, 5.74) is 6.30. The summed E-state index contributed by atoms with van der Waals surface area (Å²) in [4.78, 5) is 0. The van der Waals surface area contributed by atoms with Gasteiger partial charge in [-0.15, -0.1) is 0 Å². The Morgan fingerprint density at radius 3 is 2.25 bits per heavy atom. The van der Waals surface area contributed by atoms with Crippen molar-refractivity contribution in [3.63, 3.8) is 0 Å². The number of H-pyrrole nitrogens is 1. The number of aryl methyl sites for hydroxylation is 2. The van der Waals surface area contributed by atoms with Gasteiger partial charge in [0.05, 0.1) is 11.0 Å². The second kappa shape index (κ2) is 3.27. The summed E-state index contributed by atoms with van der Waals surface area (Å²) in [6.07, 6.45) is 0. The normalized spacial score (nSPS) is 11.1. The molecule has 0 saturated heterocycles. The number of benzene rings is 2. The molecule has 0 fully saturated rings. The van der Waals surface area contributed by atoms with E-state index in [4.69, 9.17) is 0 Å². The minimum absolute atomic E-state index is 1.21. The Balaban J connectivity index is 2.09. The molecule has 16 heavy (non-hydrogen) atoms. The predicted molar refractivity (Wildman–Crippen MR) is 67.4 cm³/mol. The van der Waals surface area contributed by atoms with Crippen LogP contribution < -0.4 is 0 Å². The molecule has 0 amide bonds. The second-order valence-electron chi connectivity index (χ2n) is 4.27. The zero-order valence-electron chi connectivity index (χ0n) is 9.49. The van der Waals surface area contributed by atoms with Crippen molar-refractivity contribution in [2.45, 2.75) is 6.92 Å². The third-order valence-electron chi connectivity index (χ3n) is 3.03. The summed E-state index contributed by atoms with van der Waals surface area (Å²) in [7, 11) is 2.02. The van der Waals surface area contributed by atoms with E-state index < -0.39 is 0 Å². The molecule has 0 aliphatic heterocycles. The molecule has 1 aromatic heterocycles. The highest BCUT2D eigenvalue weighted by molar-refractivity contribution is 5.83. The fourth-order valence-electron chi connectivity index (χ4n) is 2.03. The van der Waals surface area contributed by atoms with Crippen LogP contribution in [-0.4, -0.2) is 9.78 Å². The molecule has 0 unspecified atom stereocenters. The Morgan fingerprint density at radius 2 is 1.62 bits per heavy atom. The molecule has 2 aromatic carbocycles. The van der Waals surface area contributed by atoms with Crippen molar-refractivity contribution in [1.82, 2.24) is 9.78 Å². The third-order valence-corrected chi connectivity index (χ3v) is 3.03. The Kier molecular flexibility index (Phi) is 1.90. The standard InChI is InChI=1S/C14H14N2/c1-10-3-5-11(6-4-10)12-7-8-14-13(9-12)15-16(14)2/h3-9,15H,1-2H3. The van der Waals surface area contributed by atoms with Gasteiger partial charge in [0.15, 0.2) is 0 Å². The maximum Gasteiger partial charge on any atom is 0.0818 e. The molecule has 3 aromatic rings. The fourth-order valence-corrected chi connectivity index (χ4v) is 2.03. The van der Waals surface area contributed by atoms with Crippen LogP contribution in [0.1, 0.15) is 5.56 Å². The molecule has 0 aliphatic carbocycles. The van der Waals surface area contributed by atoms with Gasteiger partial charge in [-0.3, -0.25) is 9.78 Å². The Labute approximate surface area is 94.5 Å². The van der Waals surface area contributed by atoms with E-state index in [-0.39, 0.29) is 0 Å². The van der Waals surface area contributed by atoms with Crippen LogP contribution in [0.3, 0.4) is 0 Å². The lowest BCUT2D eigenvalue weighted by atomic mass is 10.0. The van der Waals surface area contributed by atoms with Crippen LogP contribution in [0, 0.1) is 6.92 Å². The van der Waals surface area contributed by atoms with Crippen LogP contribution in [0.5, 0.6) is 0 Å². The molecule has 0 aliphatic rings. The van der Waals surface area contributed by atoms with Crippen LogP contribution in [0.4, 0.5) is 0 Å². The van der Waals surface area contributed by atoms with E-state index in [2.05, 4.69) is 54.5 Å². The number of nitrogens with zero attached hydrogens (tertiary/aromatic N) is 1. The highest BCUT2D eigenvalue weighted by atomic mass is 15.3. The zero-order valence-corrected chi connectivity index (χ0v) is 9.49. The first-order chi connectivity index (χ1) is 7.74. The van der Waals surface area contributed by atoms with Crippen molar-refractivity contribution in [2.75, 3.05) is 0 Å². The first-order valence-electron chi connectivity index (χ1n) is 5.45. The Bertz CT molecular complexity index is 626. The zero-order chi connectivity index (χ0) is 11.1. The van der Waals surface area contributed by atoms with Crippen LogP contribution >= 0.6 is 0 Å². The van der Waals surface area contributed by atoms with Gasteiger partial charge in [-0.25, -0.2) is 0 Å². The quantitative estimate of drug-likeness (QED) is 0.634. The van der Waals surface area contributed by atoms with E-state index in [0.717, 1.165) is 0 Å². The van der Waals surface area contributed by atoms with Gasteiger partial charge in [-0.1, -0.05) is 35.9 Å². The SMILES string of the molecule is Cc1ccc(-c2ccc3c(c2)[nH]n3C)cc1. The summed E-state index contributed by atoms with van der Waals surface area (Å²) in [6, 6.07) is 15.1. The topological polar surface area (TPSA) is 20.7 Å². The Hall–Kier alpha value is -1.96. The lowest BCUT2D eigenvalue weighted by Gasteiger charge is -2.13. The number of hydrogen-bond acceptors (Lipinski definition) is 0. The van der Waals surface area contributed by atoms with Crippen LogP contribution in [-0.2, 0) is 7.05 Å². The van der Waals surface area contributed by atoms with Gasteiger partial charge in [-0.05, 0) is 30.2 Å². The minimum atomic E-state index is 1.21. The van der Waals surface area contributed by atoms with Gasteiger partial charge in [0, 0.05) is 7.05 Å². The number of rotatable bonds is 1. The highest BCUT2D eigenvalue weighted by Crippen LogP contribution is 2.24. The van der Waals surface area contributed by atoms with Crippen molar-refractivity contribution >= 4 is 11.0 Å². The molecule has 0 spiro atoms. The van der Waals surface area contributed by atoms with Crippen LogP contribution in [0.2, 0.25) is 0 Å². The van der Waals surface area contributed by atoms with Crippen LogP contribution in [0.15, 0.2) is 42.5 Å². The largest absolute Gasteiger partial charge is 0.296 e. The van der Waals surface area contributed by atoms with Gasteiger partial charge < -0.3 is 0 Å². The molecule has 0 atom stereocenters. The van der Waals surface area contributed by atoms with Gasteiger partial charge in [0.1, 0.15) is 0 Å². The van der Waals surface area contributed by atoms with Gasteiger partial charge in [0.25, 0.3) is 0 Å². The number of aromatic nitrogens is 2. The molecule has 1 N–H and O–H groups in total. The van der Waals surface area contributed by atoms with Crippen molar-refractivity contribution in [3.05, 3.63) is 48.0 Å². The lowest BCUT2D eigenvalue weighted by molar-refractivity contribution is 0.762. The highest BCUT2D eigenvalue weighted by Gasteiger charge is 2.04. The van der Waals surface area contributed by atoms with E-state index in [1.165, 1.54) is 27.7 Å². The number of aromatic amines is 1. The van der Waals surface area contributed by atoms with Gasteiger partial charge >= 0.3 is 0 Å². The summed E-state index contributed by atoms with van der Waals surface area (Å²) in [6.45, 7) is 2.11. The third kappa shape index (κ3) is 1.34. The summed E-state index contributed by atoms with van der Waals surface area (Å²) in [5, 5.41) is 3.24. The first-order valence-corrected chi connectivity index (χ1v) is 5.45. The predicted octanol–water partition coefficient (Wildman–Crippen LogP) is 3.48. The molecular formula is C14H14N2. The number of fused-ring (bicyclic) bond motifs is 1. The van der Waals surface area contributed by atoms with E-state index in [1.54, 1.807) is 0 Å². The second-order valence-corrected chi connectivity index (χ2v) is 4.27. The smallest absolute Gasteiger partial charge is 0.0818 e. The van der Waals surface area contributed by atoms with E-state index in [1.807, 2.05) is 11.7 Å². The maximum absolute atomic E-state index is 3.24. The molecule has 1 heterocycles. The van der Waals surface area contributed by atoms with Crippen molar-refractivity contribution in [2.24, 2.45) is 7.05 Å². The van der Waals surface area contributed by atoms with E-state index in [9.17, 15) is 0 Å².